The molecule has 0 unspecified atom stereocenters. The Hall–Kier alpha value is -0.290. The smallest absolute Gasteiger partial charge is 0.372 e. The monoisotopic (exact) mass is 281 g/mol. The van der Waals surface area contributed by atoms with E-state index >= 15 is 0 Å². The van der Waals surface area contributed by atoms with E-state index in [4.69, 9.17) is 0 Å². The normalized spacial score (nSPS) is 19.3. The maximum atomic E-state index is 11.9. The number of nitrogens with one attached hydrogen (secondary N) is 1. The highest BCUT2D eigenvalue weighted by Crippen LogP contribution is 2.44. The number of halogens is 3. The molecule has 5 heteroatoms. The van der Waals surface area contributed by atoms with E-state index in [1.807, 2.05) is 0 Å². The van der Waals surface area contributed by atoms with Gasteiger partial charge in [0.25, 0.3) is 0 Å². The van der Waals surface area contributed by atoms with Crippen molar-refractivity contribution in [2.45, 2.75) is 64.6 Å². The molecular weight excluding hydrogens is 255 g/mol. The van der Waals surface area contributed by atoms with Crippen molar-refractivity contribution >= 4 is 0 Å². The number of rotatable bonds is 7. The Morgan fingerprint density at radius 3 is 2.21 bits per heavy atom. The van der Waals surface area contributed by atoms with Crippen molar-refractivity contribution in [2.24, 2.45) is 5.41 Å². The van der Waals surface area contributed by atoms with Crippen LogP contribution < -0.4 is 5.32 Å². The fourth-order valence-corrected chi connectivity index (χ4v) is 2.38. The Labute approximate surface area is 114 Å². The first-order chi connectivity index (χ1) is 8.62. The minimum Gasteiger partial charge on any atom is -0.372 e. The van der Waals surface area contributed by atoms with Crippen LogP contribution in [-0.4, -0.2) is 31.5 Å². The van der Waals surface area contributed by atoms with Crippen LogP contribution in [0.15, 0.2) is 0 Å². The topological polar surface area (TPSA) is 21.3 Å². The molecule has 1 saturated carbocycles. The SMILES string of the molecule is CC(C)(C)NCC1(CCCOCC(F)(F)F)CCC1. The molecule has 0 radical (unpaired) electrons. The molecule has 1 aliphatic carbocycles. The summed E-state index contributed by atoms with van der Waals surface area (Å²) >= 11 is 0. The Morgan fingerprint density at radius 1 is 1.16 bits per heavy atom. The van der Waals surface area contributed by atoms with Crippen molar-refractivity contribution in [3.05, 3.63) is 0 Å². The summed E-state index contributed by atoms with van der Waals surface area (Å²) in [6.45, 7) is 6.43. The molecule has 0 bridgehead atoms. The molecule has 1 N–H and O–H groups in total. The van der Waals surface area contributed by atoms with Gasteiger partial charge in [-0.3, -0.25) is 0 Å². The van der Waals surface area contributed by atoms with Gasteiger partial charge in [0.05, 0.1) is 0 Å². The number of ether oxygens (including phenoxy) is 1. The Bertz CT molecular complexity index is 267. The second kappa shape index (κ2) is 6.44. The van der Waals surface area contributed by atoms with Crippen molar-refractivity contribution in [1.29, 1.82) is 0 Å². The van der Waals surface area contributed by atoms with Gasteiger partial charge in [-0.15, -0.1) is 0 Å². The zero-order chi connectivity index (χ0) is 14.6. The van der Waals surface area contributed by atoms with Crippen molar-refractivity contribution in [3.63, 3.8) is 0 Å². The third-order valence-electron chi connectivity index (χ3n) is 3.67. The lowest BCUT2D eigenvalue weighted by Gasteiger charge is -2.44. The lowest BCUT2D eigenvalue weighted by Crippen LogP contribution is -2.47. The molecule has 2 nitrogen and oxygen atoms in total. The minimum absolute atomic E-state index is 0.0926. The molecule has 114 valence electrons. The zero-order valence-electron chi connectivity index (χ0n) is 12.2. The summed E-state index contributed by atoms with van der Waals surface area (Å²) in [7, 11) is 0. The van der Waals surface area contributed by atoms with Crippen LogP contribution in [-0.2, 0) is 4.74 Å². The van der Waals surface area contributed by atoms with E-state index in [0.717, 1.165) is 13.0 Å². The van der Waals surface area contributed by atoms with Gasteiger partial charge in [0.15, 0.2) is 0 Å². The number of alkyl halides is 3. The molecule has 0 saturated heterocycles. The maximum Gasteiger partial charge on any atom is 0.411 e. The summed E-state index contributed by atoms with van der Waals surface area (Å²) in [6, 6.07) is 0. The molecule has 0 spiro atoms. The second-order valence-corrected chi connectivity index (χ2v) is 6.73. The van der Waals surface area contributed by atoms with Gasteiger partial charge < -0.3 is 10.1 Å². The van der Waals surface area contributed by atoms with Crippen LogP contribution in [0, 0.1) is 5.41 Å². The summed E-state index contributed by atoms with van der Waals surface area (Å²) < 4.78 is 40.4. The predicted molar refractivity (Wildman–Crippen MR) is 70.1 cm³/mol. The highest BCUT2D eigenvalue weighted by molar-refractivity contribution is 4.91. The van der Waals surface area contributed by atoms with Crippen LogP contribution in [0.5, 0.6) is 0 Å². The van der Waals surface area contributed by atoms with Crippen molar-refractivity contribution in [2.75, 3.05) is 19.8 Å². The molecule has 1 aliphatic rings. The maximum absolute atomic E-state index is 11.9. The number of hydrogen-bond donors (Lipinski definition) is 1. The first kappa shape index (κ1) is 16.8. The van der Waals surface area contributed by atoms with Crippen LogP contribution in [0.25, 0.3) is 0 Å². The Morgan fingerprint density at radius 2 is 1.79 bits per heavy atom. The summed E-state index contributed by atoms with van der Waals surface area (Å²) in [5.74, 6) is 0. The van der Waals surface area contributed by atoms with Gasteiger partial charge >= 0.3 is 6.18 Å². The molecular formula is C14H26F3NO. The standard InChI is InChI=1S/C14H26F3NO/c1-12(2,3)18-10-13(6-4-7-13)8-5-9-19-11-14(15,16)17/h18H,4-11H2,1-3H3. The van der Waals surface area contributed by atoms with Crippen molar-refractivity contribution in [3.8, 4) is 0 Å². The van der Waals surface area contributed by atoms with Gasteiger partial charge in [0, 0.05) is 18.7 Å². The van der Waals surface area contributed by atoms with Crippen LogP contribution >= 0.6 is 0 Å². The van der Waals surface area contributed by atoms with E-state index in [9.17, 15) is 13.2 Å². The Kier molecular flexibility index (Phi) is 5.68. The molecule has 0 aromatic heterocycles. The average molecular weight is 281 g/mol. The Balaban J connectivity index is 2.18. The summed E-state index contributed by atoms with van der Waals surface area (Å²) in [5.41, 5.74) is 0.379. The highest BCUT2D eigenvalue weighted by atomic mass is 19.4. The van der Waals surface area contributed by atoms with E-state index in [2.05, 4.69) is 30.8 Å². The summed E-state index contributed by atoms with van der Waals surface area (Å²) in [4.78, 5) is 0. The van der Waals surface area contributed by atoms with Gasteiger partial charge in [-0.05, 0) is 51.9 Å². The molecule has 1 fully saturated rings. The molecule has 0 aromatic carbocycles. The number of hydrogen-bond acceptors (Lipinski definition) is 2. The van der Waals surface area contributed by atoms with E-state index in [-0.39, 0.29) is 17.6 Å². The largest absolute Gasteiger partial charge is 0.411 e. The third kappa shape index (κ3) is 7.16. The van der Waals surface area contributed by atoms with Crippen LogP contribution in [0.1, 0.15) is 52.9 Å². The first-order valence-electron chi connectivity index (χ1n) is 7.02. The van der Waals surface area contributed by atoms with Gasteiger partial charge in [-0.1, -0.05) is 6.42 Å². The van der Waals surface area contributed by atoms with E-state index in [0.29, 0.717) is 6.42 Å². The highest BCUT2D eigenvalue weighted by Gasteiger charge is 2.37. The predicted octanol–water partition coefficient (Wildman–Crippen LogP) is 3.90. The first-order valence-corrected chi connectivity index (χ1v) is 7.02. The van der Waals surface area contributed by atoms with Gasteiger partial charge in [0.1, 0.15) is 6.61 Å². The van der Waals surface area contributed by atoms with E-state index in [1.54, 1.807) is 0 Å². The third-order valence-corrected chi connectivity index (χ3v) is 3.67. The quantitative estimate of drug-likeness (QED) is 0.714. The molecule has 1 rings (SSSR count). The molecule has 19 heavy (non-hydrogen) atoms. The van der Waals surface area contributed by atoms with Crippen molar-refractivity contribution < 1.29 is 17.9 Å². The van der Waals surface area contributed by atoms with Crippen LogP contribution in [0.3, 0.4) is 0 Å². The lowest BCUT2D eigenvalue weighted by molar-refractivity contribution is -0.174. The fraction of sp³-hybridized carbons (Fsp3) is 1.00. The molecule has 0 heterocycles. The van der Waals surface area contributed by atoms with Gasteiger partial charge in [0.2, 0.25) is 0 Å². The van der Waals surface area contributed by atoms with E-state index < -0.39 is 12.8 Å². The van der Waals surface area contributed by atoms with Crippen LogP contribution in [0.4, 0.5) is 13.2 Å². The lowest BCUT2D eigenvalue weighted by atomic mass is 9.66. The molecule has 0 aromatic rings. The fourth-order valence-electron chi connectivity index (χ4n) is 2.38. The van der Waals surface area contributed by atoms with Crippen LogP contribution in [0.2, 0.25) is 0 Å². The molecule has 0 amide bonds. The van der Waals surface area contributed by atoms with Crippen molar-refractivity contribution in [1.82, 2.24) is 5.32 Å². The summed E-state index contributed by atoms with van der Waals surface area (Å²) in [6.07, 6.45) is 1.04. The summed E-state index contributed by atoms with van der Waals surface area (Å²) in [5, 5.41) is 3.51. The molecule has 0 aliphatic heterocycles. The second-order valence-electron chi connectivity index (χ2n) is 6.73. The van der Waals surface area contributed by atoms with E-state index in [1.165, 1.54) is 19.3 Å². The van der Waals surface area contributed by atoms with Gasteiger partial charge in [-0.25, -0.2) is 0 Å². The average Bonchev–Trinajstić information content (AvgIpc) is 2.16. The van der Waals surface area contributed by atoms with Gasteiger partial charge in [-0.2, -0.15) is 13.2 Å². The molecule has 0 atom stereocenters. The zero-order valence-corrected chi connectivity index (χ0v) is 12.2. The minimum atomic E-state index is -4.21.